The van der Waals surface area contributed by atoms with Crippen LogP contribution in [-0.4, -0.2) is 30.3 Å². The van der Waals surface area contributed by atoms with Crippen molar-refractivity contribution < 1.29 is 23.9 Å². The Morgan fingerprint density at radius 1 is 0.895 bits per heavy atom. The van der Waals surface area contributed by atoms with Gasteiger partial charge in [-0.15, -0.1) is 0 Å². The molecule has 0 aromatic heterocycles. The number of aryl methyl sites for hydroxylation is 1. The Kier molecular flexibility index (Phi) is 6.06. The van der Waals surface area contributed by atoms with Crippen LogP contribution in [-0.2, 0) is 19.1 Å². The van der Waals surface area contributed by atoms with Crippen LogP contribution in [0.15, 0.2) is 78.9 Å². The van der Waals surface area contributed by atoms with Gasteiger partial charge < -0.3 is 10.1 Å². The lowest BCUT2D eigenvalue weighted by Gasteiger charge is -2.28. The predicted molar refractivity (Wildman–Crippen MR) is 141 cm³/mol. The molecule has 1 N–H and O–H groups in total. The van der Waals surface area contributed by atoms with Crippen molar-refractivity contribution in [1.29, 1.82) is 0 Å². The van der Waals surface area contributed by atoms with E-state index in [4.69, 9.17) is 4.74 Å². The van der Waals surface area contributed by atoms with Crippen molar-refractivity contribution in [2.45, 2.75) is 25.7 Å². The summed E-state index contributed by atoms with van der Waals surface area (Å²) in [4.78, 5) is 53.3. The van der Waals surface area contributed by atoms with Gasteiger partial charge in [-0.2, -0.15) is 0 Å². The highest BCUT2D eigenvalue weighted by Crippen LogP contribution is 2.61. The first kappa shape index (κ1) is 24.1. The Balaban J connectivity index is 1.15. The van der Waals surface area contributed by atoms with E-state index in [-0.39, 0.29) is 47.0 Å². The summed E-state index contributed by atoms with van der Waals surface area (Å²) in [6, 6.07) is 23.9. The summed E-state index contributed by atoms with van der Waals surface area (Å²) in [7, 11) is 0. The fourth-order valence-electron chi connectivity index (χ4n) is 6.68. The number of carbonyl (C=O) groups is 4. The van der Waals surface area contributed by atoms with E-state index < -0.39 is 18.5 Å². The molecule has 3 amide bonds. The number of ether oxygens (including phenoxy) is 1. The summed E-state index contributed by atoms with van der Waals surface area (Å²) in [5.41, 5.74) is 3.31. The zero-order valence-electron chi connectivity index (χ0n) is 21.0. The SMILES string of the molecule is Cc1ccccc1NC(=O)COC(=O)c1cccc(N2C(=O)[C@@H]3[C@@H]4C[C@@H]([C@@H]3C2=O)[C@H](c2ccccc2)C4)c1. The molecule has 1 heterocycles. The van der Waals surface area contributed by atoms with Crippen molar-refractivity contribution in [3.05, 3.63) is 95.6 Å². The molecule has 38 heavy (non-hydrogen) atoms. The summed E-state index contributed by atoms with van der Waals surface area (Å²) < 4.78 is 5.22. The number of imide groups is 1. The van der Waals surface area contributed by atoms with E-state index in [2.05, 4.69) is 17.4 Å². The Hall–Kier alpha value is -4.26. The predicted octanol–water partition coefficient (Wildman–Crippen LogP) is 4.72. The number of esters is 1. The fourth-order valence-corrected chi connectivity index (χ4v) is 6.68. The molecule has 0 radical (unpaired) electrons. The largest absolute Gasteiger partial charge is 0.452 e. The van der Waals surface area contributed by atoms with Crippen LogP contribution < -0.4 is 10.2 Å². The molecule has 0 unspecified atom stereocenters. The second-order valence-corrected chi connectivity index (χ2v) is 10.5. The number of hydrogen-bond donors (Lipinski definition) is 1. The number of rotatable bonds is 6. The van der Waals surface area contributed by atoms with Gasteiger partial charge in [0.2, 0.25) is 11.8 Å². The Morgan fingerprint density at radius 3 is 2.42 bits per heavy atom. The van der Waals surface area contributed by atoms with Gasteiger partial charge in [-0.1, -0.05) is 54.6 Å². The maximum Gasteiger partial charge on any atom is 0.338 e. The number of para-hydroxylation sites is 1. The molecule has 192 valence electrons. The van der Waals surface area contributed by atoms with Crippen LogP contribution in [0.2, 0.25) is 0 Å². The molecule has 7 nitrogen and oxygen atoms in total. The first-order valence-electron chi connectivity index (χ1n) is 13.0. The van der Waals surface area contributed by atoms with Gasteiger partial charge in [0.05, 0.1) is 23.1 Å². The molecule has 7 heteroatoms. The van der Waals surface area contributed by atoms with Crippen LogP contribution in [0, 0.1) is 30.6 Å². The molecule has 3 aromatic carbocycles. The number of benzene rings is 3. The van der Waals surface area contributed by atoms with Crippen molar-refractivity contribution in [3.8, 4) is 0 Å². The summed E-state index contributed by atoms with van der Waals surface area (Å²) in [6.45, 7) is 1.42. The Morgan fingerprint density at radius 2 is 1.63 bits per heavy atom. The molecule has 1 saturated heterocycles. The molecule has 3 aliphatic rings. The highest BCUT2D eigenvalue weighted by Gasteiger charge is 2.64. The third-order valence-electron chi connectivity index (χ3n) is 8.34. The van der Waals surface area contributed by atoms with Crippen LogP contribution in [0.25, 0.3) is 0 Å². The van der Waals surface area contributed by atoms with Gasteiger partial charge in [0.25, 0.3) is 5.91 Å². The molecule has 6 rings (SSSR count). The maximum absolute atomic E-state index is 13.6. The van der Waals surface area contributed by atoms with E-state index in [0.717, 1.165) is 18.4 Å². The molecule has 5 atom stereocenters. The van der Waals surface area contributed by atoms with Crippen LogP contribution >= 0.6 is 0 Å². The number of anilines is 2. The van der Waals surface area contributed by atoms with Gasteiger partial charge in [0.15, 0.2) is 6.61 Å². The summed E-state index contributed by atoms with van der Waals surface area (Å²) in [6.07, 6.45) is 1.82. The number of amides is 3. The summed E-state index contributed by atoms with van der Waals surface area (Å²) >= 11 is 0. The zero-order valence-corrected chi connectivity index (χ0v) is 21.0. The zero-order chi connectivity index (χ0) is 26.4. The number of nitrogens with one attached hydrogen (secondary N) is 1. The topological polar surface area (TPSA) is 92.8 Å². The quantitative estimate of drug-likeness (QED) is 0.384. The van der Waals surface area contributed by atoms with E-state index in [1.54, 1.807) is 24.3 Å². The minimum absolute atomic E-state index is 0.147. The third-order valence-corrected chi connectivity index (χ3v) is 8.34. The van der Waals surface area contributed by atoms with Crippen molar-refractivity contribution in [2.24, 2.45) is 23.7 Å². The molecule has 3 fully saturated rings. The number of carbonyl (C=O) groups excluding carboxylic acids is 4. The van der Waals surface area contributed by atoms with Crippen LogP contribution in [0.3, 0.4) is 0 Å². The highest BCUT2D eigenvalue weighted by molar-refractivity contribution is 6.23. The van der Waals surface area contributed by atoms with Crippen molar-refractivity contribution in [1.82, 2.24) is 0 Å². The van der Waals surface area contributed by atoms with Gasteiger partial charge in [-0.05, 0) is 72.9 Å². The van der Waals surface area contributed by atoms with Crippen molar-refractivity contribution in [3.63, 3.8) is 0 Å². The van der Waals surface area contributed by atoms with E-state index in [1.807, 2.05) is 43.3 Å². The van der Waals surface area contributed by atoms with Gasteiger partial charge in [-0.3, -0.25) is 19.3 Å². The fraction of sp³-hybridized carbons (Fsp3) is 0.290. The lowest BCUT2D eigenvalue weighted by atomic mass is 9.73. The number of nitrogens with zero attached hydrogens (tertiary/aromatic N) is 1. The number of hydrogen-bond acceptors (Lipinski definition) is 5. The van der Waals surface area contributed by atoms with Crippen molar-refractivity contribution in [2.75, 3.05) is 16.8 Å². The second-order valence-electron chi connectivity index (χ2n) is 10.5. The molecular weight excluding hydrogens is 480 g/mol. The van der Waals surface area contributed by atoms with Crippen LogP contribution in [0.1, 0.15) is 40.2 Å². The monoisotopic (exact) mass is 508 g/mol. The molecule has 0 spiro atoms. The first-order valence-corrected chi connectivity index (χ1v) is 13.0. The minimum Gasteiger partial charge on any atom is -0.452 e. The average Bonchev–Trinajstić information content (AvgIpc) is 3.60. The smallest absolute Gasteiger partial charge is 0.338 e. The Labute approximate surface area is 220 Å². The van der Waals surface area contributed by atoms with Gasteiger partial charge >= 0.3 is 5.97 Å². The number of fused-ring (bicyclic) bond motifs is 5. The Bertz CT molecular complexity index is 1430. The standard InChI is InChI=1S/C31H28N2O5/c1-18-8-5-6-13-25(18)32-26(34)17-38-31(37)20-11-7-12-22(14-20)33-29(35)27-21-15-23(19-9-3-2-4-10-19)24(16-21)28(27)30(33)36/h2-14,21,23-24,27-28H,15-17H2,1H3,(H,32,34)/t21-,23-,24+,27+,28-/m0/s1. The normalized spacial score (nSPS) is 25.4. The lowest BCUT2D eigenvalue weighted by Crippen LogP contribution is -2.33. The molecular formula is C31H28N2O5. The molecule has 2 bridgehead atoms. The molecule has 2 aliphatic carbocycles. The third kappa shape index (κ3) is 4.08. The highest BCUT2D eigenvalue weighted by atomic mass is 16.5. The second kappa shape index (κ2) is 9.56. The van der Waals surface area contributed by atoms with Crippen molar-refractivity contribution >= 4 is 35.1 Å². The first-order chi connectivity index (χ1) is 18.4. The molecule has 1 aliphatic heterocycles. The van der Waals surface area contributed by atoms with Crippen LogP contribution in [0.5, 0.6) is 0 Å². The van der Waals surface area contributed by atoms with E-state index in [9.17, 15) is 19.2 Å². The maximum atomic E-state index is 13.6. The molecule has 2 saturated carbocycles. The van der Waals surface area contributed by atoms with E-state index >= 15 is 0 Å². The van der Waals surface area contributed by atoms with E-state index in [1.165, 1.54) is 16.5 Å². The van der Waals surface area contributed by atoms with Gasteiger partial charge in [0.1, 0.15) is 0 Å². The average molecular weight is 509 g/mol. The van der Waals surface area contributed by atoms with Crippen LogP contribution in [0.4, 0.5) is 11.4 Å². The lowest BCUT2D eigenvalue weighted by molar-refractivity contribution is -0.123. The summed E-state index contributed by atoms with van der Waals surface area (Å²) in [5, 5.41) is 2.72. The minimum atomic E-state index is -0.699. The van der Waals surface area contributed by atoms with Gasteiger partial charge in [-0.25, -0.2) is 4.79 Å². The molecule has 3 aromatic rings. The van der Waals surface area contributed by atoms with Gasteiger partial charge in [0, 0.05) is 5.69 Å². The summed E-state index contributed by atoms with van der Waals surface area (Å²) in [5.74, 6) is -1.52. The van der Waals surface area contributed by atoms with E-state index in [0.29, 0.717) is 11.4 Å².